The molecule has 272 valence electrons. The van der Waals surface area contributed by atoms with Gasteiger partial charge in [0.15, 0.2) is 29.8 Å². The summed E-state index contributed by atoms with van der Waals surface area (Å²) < 4.78 is 74.6. The van der Waals surface area contributed by atoms with Gasteiger partial charge in [-0.2, -0.15) is 0 Å². The molecule has 0 bridgehead atoms. The van der Waals surface area contributed by atoms with Crippen molar-refractivity contribution in [3.05, 3.63) is 41.1 Å². The van der Waals surface area contributed by atoms with Gasteiger partial charge in [-0.05, 0) is 30.2 Å². The van der Waals surface area contributed by atoms with Crippen molar-refractivity contribution in [2.24, 2.45) is 0 Å². The lowest BCUT2D eigenvalue weighted by Crippen LogP contribution is -2.32. The van der Waals surface area contributed by atoms with Gasteiger partial charge in [-0.3, -0.25) is 23.0 Å². The lowest BCUT2D eigenvalue weighted by atomic mass is 10.1. The summed E-state index contributed by atoms with van der Waals surface area (Å²) in [6.07, 6.45) is -3.31. The Morgan fingerprint density at radius 1 is 1.08 bits per heavy atom. The highest BCUT2D eigenvalue weighted by molar-refractivity contribution is 8.44. The molecule has 2 fully saturated rings. The number of thiol groups is 1. The third-order valence-electron chi connectivity index (χ3n) is 8.52. The summed E-state index contributed by atoms with van der Waals surface area (Å²) in [5, 5.41) is 13.3. The van der Waals surface area contributed by atoms with Crippen molar-refractivity contribution in [3.8, 4) is 0 Å². The van der Waals surface area contributed by atoms with Crippen LogP contribution in [0.25, 0.3) is 22.2 Å². The maximum Gasteiger partial charge on any atom is 0.383 e. The number of nitrogens with zero attached hydrogens (tertiary/aromatic N) is 7. The Labute approximate surface area is 291 Å². The maximum absolute atomic E-state index is 15.9. The van der Waals surface area contributed by atoms with E-state index in [1.807, 2.05) is 0 Å². The first-order valence-electron chi connectivity index (χ1n) is 15.4. The van der Waals surface area contributed by atoms with Gasteiger partial charge < -0.3 is 38.8 Å². The minimum absolute atomic E-state index is 0.0491. The fourth-order valence-electron chi connectivity index (χ4n) is 6.31. The number of halogens is 2. The number of fused-ring (bicyclic) bond motifs is 1. The average molecular weight is 781 g/mol. The maximum atomic E-state index is 15.9. The molecule has 4 aromatic heterocycles. The summed E-state index contributed by atoms with van der Waals surface area (Å²) >= 11 is 8.66. The van der Waals surface area contributed by atoms with Crippen molar-refractivity contribution in [3.63, 3.8) is 0 Å². The molecule has 0 radical (unpaired) electrons. The van der Waals surface area contributed by atoms with Gasteiger partial charge in [0.25, 0.3) is 5.56 Å². The Morgan fingerprint density at radius 2 is 1.90 bits per heavy atom. The van der Waals surface area contributed by atoms with Gasteiger partial charge in [-0.1, -0.05) is 12.2 Å². The zero-order valence-electron chi connectivity index (χ0n) is 25.8. The number of aromatic nitrogens is 7. The number of alkyl halides is 2. The Morgan fingerprint density at radius 3 is 2.68 bits per heavy atom. The van der Waals surface area contributed by atoms with Gasteiger partial charge >= 0.3 is 13.5 Å². The Kier molecular flexibility index (Phi) is 10.2. The number of nitrogens with one attached hydrogen (secondary N) is 1. The first-order valence-corrected chi connectivity index (χ1v) is 20.7. The van der Waals surface area contributed by atoms with Crippen molar-refractivity contribution in [2.75, 3.05) is 31.7 Å². The van der Waals surface area contributed by atoms with Crippen LogP contribution in [0.5, 0.6) is 0 Å². The van der Waals surface area contributed by atoms with Crippen molar-refractivity contribution < 1.29 is 51.3 Å². The second kappa shape index (κ2) is 14.2. The van der Waals surface area contributed by atoms with E-state index in [0.717, 1.165) is 47.6 Å². The molecule has 2 saturated heterocycles. The average Bonchev–Trinajstić information content (AvgIpc) is 3.79. The zero-order chi connectivity index (χ0) is 35.4. The summed E-state index contributed by atoms with van der Waals surface area (Å²) in [7, 11) is 0. The standard InChI is InChI=1S/C26H32F2N8O10P2S2/c27-15-6-14(44-25(15)35-7-13-2-1-3-29-21-17(13)22(35)31-10-30-21)8-43-48(41,50)46-20-18(28)16(9-42-47(39,40)49)45-26(20)36-12-32-19-23(36)33-11-34(4-5-37)24(19)38/h7,10-12,14-16,18,20,25-26,37H,1-6,8-9H2,(H,41,50)(H,29,30,31)(H2,39,40,49)/t14-,15+,16+,18+,20+,25+,26+,48?/m0/s1. The summed E-state index contributed by atoms with van der Waals surface area (Å²) in [5.41, 5.74) is 0.680. The lowest BCUT2D eigenvalue weighted by molar-refractivity contribution is -0.0493. The molecule has 0 saturated carbocycles. The van der Waals surface area contributed by atoms with Crippen LogP contribution in [-0.2, 0) is 52.4 Å². The molecule has 7 heterocycles. The van der Waals surface area contributed by atoms with Gasteiger partial charge in [0.1, 0.15) is 42.5 Å². The summed E-state index contributed by atoms with van der Waals surface area (Å²) in [6.45, 7) is -9.47. The zero-order valence-corrected chi connectivity index (χ0v) is 29.3. The van der Waals surface area contributed by atoms with Crippen molar-refractivity contribution >= 4 is 65.6 Å². The van der Waals surface area contributed by atoms with E-state index in [-0.39, 0.29) is 30.7 Å². The number of aryl methyl sites for hydroxylation is 1. The molecule has 0 aromatic carbocycles. The predicted molar refractivity (Wildman–Crippen MR) is 178 cm³/mol. The molecule has 4 aromatic rings. The van der Waals surface area contributed by atoms with E-state index in [2.05, 4.69) is 37.5 Å². The number of hydrogen-bond acceptors (Lipinski definition) is 14. The molecule has 9 atom stereocenters. The molecule has 0 amide bonds. The van der Waals surface area contributed by atoms with Crippen LogP contribution in [0.1, 0.15) is 30.9 Å². The number of hydrogen-bond donors (Lipinski definition) is 5. The highest BCUT2D eigenvalue weighted by Gasteiger charge is 2.50. The quantitative estimate of drug-likeness (QED) is 0.102. The third-order valence-corrected chi connectivity index (χ3v) is 10.9. The normalized spacial score (nSPS) is 29.2. The van der Waals surface area contributed by atoms with Gasteiger partial charge in [0.2, 0.25) is 0 Å². The van der Waals surface area contributed by atoms with E-state index in [9.17, 15) is 24.3 Å². The van der Waals surface area contributed by atoms with Crippen molar-refractivity contribution in [2.45, 2.75) is 68.9 Å². The molecule has 0 spiro atoms. The monoisotopic (exact) mass is 780 g/mol. The molecule has 3 aliphatic rings. The van der Waals surface area contributed by atoms with Crippen molar-refractivity contribution in [1.82, 2.24) is 33.6 Å². The fourth-order valence-corrected chi connectivity index (χ4v) is 8.28. The summed E-state index contributed by atoms with van der Waals surface area (Å²) in [4.78, 5) is 50.3. The molecule has 0 aliphatic carbocycles. The molecule has 50 heavy (non-hydrogen) atoms. The minimum atomic E-state index is -4.35. The van der Waals surface area contributed by atoms with E-state index in [1.54, 1.807) is 10.8 Å². The minimum Gasteiger partial charge on any atom is -0.395 e. The van der Waals surface area contributed by atoms with Crippen LogP contribution in [0.2, 0.25) is 0 Å². The molecule has 4 N–H and O–H groups in total. The number of aliphatic hydroxyl groups is 1. The van der Waals surface area contributed by atoms with Crippen LogP contribution in [0, 0.1) is 0 Å². The van der Waals surface area contributed by atoms with E-state index in [1.165, 1.54) is 10.9 Å². The van der Waals surface area contributed by atoms with Crippen LogP contribution >= 0.6 is 25.8 Å². The SMILES string of the molecule is O=c1c2ncn([C@@H]3O[C@H](COP(=O)(O)S)[C@@H](F)[C@H]3OP(O)(=S)OC[C@@H]3C[C@@H](F)[C@H](n4cc5c6c(ncnc64)NCCC5)O3)c2ncn1CCO. The smallest absolute Gasteiger partial charge is 0.383 e. The molecule has 24 heteroatoms. The Balaban J connectivity index is 1.08. The van der Waals surface area contributed by atoms with Crippen LogP contribution < -0.4 is 10.9 Å². The highest BCUT2D eigenvalue weighted by Crippen LogP contribution is 2.52. The van der Waals surface area contributed by atoms with Crippen molar-refractivity contribution in [1.29, 1.82) is 0 Å². The van der Waals surface area contributed by atoms with E-state index >= 15 is 8.78 Å². The molecule has 2 unspecified atom stereocenters. The summed E-state index contributed by atoms with van der Waals surface area (Å²) in [6, 6.07) is 0. The molecule has 7 rings (SSSR count). The second-order valence-electron chi connectivity index (χ2n) is 11.8. The largest absolute Gasteiger partial charge is 0.395 e. The Bertz CT molecular complexity index is 2050. The Hall–Kier alpha value is -2.46. The molecule has 18 nitrogen and oxygen atoms in total. The van der Waals surface area contributed by atoms with E-state index < -0.39 is 75.4 Å². The van der Waals surface area contributed by atoms with Gasteiger partial charge in [0, 0.05) is 19.2 Å². The van der Waals surface area contributed by atoms with Crippen LogP contribution in [0.15, 0.2) is 30.0 Å². The van der Waals surface area contributed by atoms with Crippen LogP contribution in [0.4, 0.5) is 14.6 Å². The fraction of sp³-hybridized carbons (Fsp3) is 0.577. The van der Waals surface area contributed by atoms with Crippen LogP contribution in [-0.4, -0.2) is 106 Å². The third kappa shape index (κ3) is 7.13. The number of anilines is 1. The molecular weight excluding hydrogens is 748 g/mol. The number of imidazole rings is 1. The molecule has 3 aliphatic heterocycles. The van der Waals surface area contributed by atoms with E-state index in [4.69, 9.17) is 34.9 Å². The highest BCUT2D eigenvalue weighted by atomic mass is 32.7. The molecular formula is C26H32F2N8O10P2S2. The van der Waals surface area contributed by atoms with Gasteiger partial charge in [0.05, 0.1) is 44.2 Å². The number of ether oxygens (including phenoxy) is 2. The number of rotatable bonds is 12. The second-order valence-corrected chi connectivity index (χ2v) is 17.4. The van der Waals surface area contributed by atoms with Crippen LogP contribution in [0.3, 0.4) is 0 Å². The topological polar surface area (TPSA) is 219 Å². The first kappa shape index (κ1) is 35.9. The number of aliphatic hydroxyl groups excluding tert-OH is 1. The van der Waals surface area contributed by atoms with E-state index in [0.29, 0.717) is 11.5 Å². The van der Waals surface area contributed by atoms with Gasteiger partial charge in [-0.25, -0.2) is 33.3 Å². The first-order chi connectivity index (χ1) is 23.8. The van der Waals surface area contributed by atoms with Gasteiger partial charge in [-0.15, -0.1) is 0 Å². The summed E-state index contributed by atoms with van der Waals surface area (Å²) in [5.74, 6) is 0.663. The lowest BCUT2D eigenvalue weighted by Gasteiger charge is -2.26. The predicted octanol–water partition coefficient (Wildman–Crippen LogP) is 1.91.